The fourth-order valence-electron chi connectivity index (χ4n) is 5.25. The third-order valence-corrected chi connectivity index (χ3v) is 7.29. The zero-order valence-corrected chi connectivity index (χ0v) is 21.9. The maximum Gasteiger partial charge on any atom is 0.255 e. The Morgan fingerprint density at radius 2 is 1.51 bits per heavy atom. The highest BCUT2D eigenvalue weighted by Gasteiger charge is 2.44. The highest BCUT2D eigenvalue weighted by Crippen LogP contribution is 2.43. The summed E-state index contributed by atoms with van der Waals surface area (Å²) in [6.07, 6.45) is 0.673. The Labute approximate surface area is 228 Å². The highest BCUT2D eigenvalue weighted by atomic mass is 16.5. The number of hydrogen-bond acceptors (Lipinski definition) is 4. The normalized spacial score (nSPS) is 16.5. The maximum absolute atomic E-state index is 14.0. The van der Waals surface area contributed by atoms with Gasteiger partial charge in [0.25, 0.3) is 5.91 Å². The van der Waals surface area contributed by atoms with E-state index in [0.717, 1.165) is 33.6 Å². The second-order valence-electron chi connectivity index (χ2n) is 9.72. The predicted octanol–water partition coefficient (Wildman–Crippen LogP) is 5.03. The van der Waals surface area contributed by atoms with E-state index in [1.54, 1.807) is 18.1 Å². The Morgan fingerprint density at radius 3 is 2.21 bits per heavy atom. The molecule has 2 atom stereocenters. The first-order chi connectivity index (χ1) is 19.1. The summed E-state index contributed by atoms with van der Waals surface area (Å²) in [5, 5.41) is 12.7. The topological polar surface area (TPSA) is 78.9 Å². The molecule has 1 aliphatic heterocycles. The van der Waals surface area contributed by atoms with E-state index in [9.17, 15) is 14.7 Å². The van der Waals surface area contributed by atoms with Crippen LogP contribution in [0.3, 0.4) is 0 Å². The number of carbonyl (C=O) groups excluding carboxylic acids is 2. The molecule has 0 saturated heterocycles. The molecule has 0 unspecified atom stereocenters. The summed E-state index contributed by atoms with van der Waals surface area (Å²) < 4.78 is 5.24. The largest absolute Gasteiger partial charge is 0.497 e. The number of aliphatic hydroxyl groups excluding tert-OH is 1. The molecule has 0 spiro atoms. The van der Waals surface area contributed by atoms with Crippen molar-refractivity contribution in [3.63, 3.8) is 0 Å². The SMILES string of the molecule is COc1ccc(CCNC(=O)[C@@H]2c3ccccc3C(=O)N(Cc3ccccc3)[C@H]2c2ccc(CO)cc2)cc1. The summed E-state index contributed by atoms with van der Waals surface area (Å²) in [7, 11) is 1.64. The smallest absolute Gasteiger partial charge is 0.255 e. The number of carbonyl (C=O) groups is 2. The lowest BCUT2D eigenvalue weighted by atomic mass is 9.78. The fraction of sp³-hybridized carbons (Fsp3) is 0.212. The summed E-state index contributed by atoms with van der Waals surface area (Å²) in [6, 6.07) is 32.0. The molecule has 39 heavy (non-hydrogen) atoms. The van der Waals surface area contributed by atoms with E-state index in [1.807, 2.05) is 97.1 Å². The van der Waals surface area contributed by atoms with E-state index in [2.05, 4.69) is 5.32 Å². The molecule has 4 aromatic carbocycles. The van der Waals surface area contributed by atoms with Gasteiger partial charge in [0.2, 0.25) is 5.91 Å². The second kappa shape index (κ2) is 12.0. The van der Waals surface area contributed by atoms with E-state index in [4.69, 9.17) is 4.74 Å². The molecule has 198 valence electrons. The summed E-state index contributed by atoms with van der Waals surface area (Å²) in [5.74, 6) is -0.0379. The van der Waals surface area contributed by atoms with Crippen LogP contribution in [-0.2, 0) is 24.4 Å². The van der Waals surface area contributed by atoms with Gasteiger partial charge in [-0.15, -0.1) is 0 Å². The molecule has 6 heteroatoms. The molecule has 6 nitrogen and oxygen atoms in total. The average Bonchev–Trinajstić information content (AvgIpc) is 2.99. The first-order valence-corrected chi connectivity index (χ1v) is 13.1. The molecular weight excluding hydrogens is 488 g/mol. The van der Waals surface area contributed by atoms with Crippen molar-refractivity contribution in [2.75, 3.05) is 13.7 Å². The zero-order valence-electron chi connectivity index (χ0n) is 21.9. The third-order valence-electron chi connectivity index (χ3n) is 7.29. The van der Waals surface area contributed by atoms with Crippen LogP contribution in [0.25, 0.3) is 0 Å². The van der Waals surface area contributed by atoms with E-state index >= 15 is 0 Å². The van der Waals surface area contributed by atoms with Crippen molar-refractivity contribution in [3.05, 3.63) is 137 Å². The summed E-state index contributed by atoms with van der Waals surface area (Å²) in [6.45, 7) is 0.762. The minimum absolute atomic E-state index is 0.0737. The van der Waals surface area contributed by atoms with Crippen molar-refractivity contribution >= 4 is 11.8 Å². The number of aliphatic hydroxyl groups is 1. The van der Waals surface area contributed by atoms with Crippen molar-refractivity contribution in [1.29, 1.82) is 0 Å². The quantitative estimate of drug-likeness (QED) is 0.325. The van der Waals surface area contributed by atoms with Gasteiger partial charge in [-0.2, -0.15) is 0 Å². The Kier molecular flexibility index (Phi) is 8.04. The first-order valence-electron chi connectivity index (χ1n) is 13.1. The monoisotopic (exact) mass is 520 g/mol. The fourth-order valence-corrected chi connectivity index (χ4v) is 5.25. The zero-order chi connectivity index (χ0) is 27.2. The minimum Gasteiger partial charge on any atom is -0.497 e. The summed E-state index contributed by atoms with van der Waals surface area (Å²) in [5.41, 5.74) is 4.98. The van der Waals surface area contributed by atoms with Crippen LogP contribution in [0.15, 0.2) is 103 Å². The number of nitrogens with one attached hydrogen (secondary N) is 1. The van der Waals surface area contributed by atoms with Crippen molar-refractivity contribution in [3.8, 4) is 5.75 Å². The molecule has 5 rings (SSSR count). The van der Waals surface area contributed by atoms with Gasteiger partial charge in [-0.25, -0.2) is 0 Å². The van der Waals surface area contributed by atoms with E-state index < -0.39 is 12.0 Å². The summed E-state index contributed by atoms with van der Waals surface area (Å²) >= 11 is 0. The lowest BCUT2D eigenvalue weighted by molar-refractivity contribution is -0.124. The third kappa shape index (κ3) is 5.71. The molecule has 2 amide bonds. The molecule has 2 N–H and O–H groups in total. The van der Waals surface area contributed by atoms with Gasteiger partial charge >= 0.3 is 0 Å². The predicted molar refractivity (Wildman–Crippen MR) is 150 cm³/mol. The van der Waals surface area contributed by atoms with Crippen LogP contribution in [0.5, 0.6) is 5.75 Å². The Balaban J connectivity index is 1.49. The van der Waals surface area contributed by atoms with Crippen molar-refractivity contribution in [2.45, 2.75) is 31.5 Å². The van der Waals surface area contributed by atoms with Crippen LogP contribution in [0.2, 0.25) is 0 Å². The van der Waals surface area contributed by atoms with Crippen molar-refractivity contribution in [1.82, 2.24) is 10.2 Å². The van der Waals surface area contributed by atoms with Gasteiger partial charge in [0.05, 0.1) is 25.7 Å². The molecule has 1 aliphatic rings. The molecular formula is C33H32N2O4. The van der Waals surface area contributed by atoms with Crippen LogP contribution in [0.1, 0.15) is 50.1 Å². The number of amides is 2. The number of ether oxygens (including phenoxy) is 1. The van der Waals surface area contributed by atoms with Gasteiger partial charge in [0, 0.05) is 18.7 Å². The Hall–Kier alpha value is -4.42. The molecule has 0 aliphatic carbocycles. The summed E-state index contributed by atoms with van der Waals surface area (Å²) in [4.78, 5) is 29.7. The molecule has 4 aromatic rings. The van der Waals surface area contributed by atoms with E-state index in [-0.39, 0.29) is 18.4 Å². The average molecular weight is 521 g/mol. The van der Waals surface area contributed by atoms with Gasteiger partial charge in [-0.1, -0.05) is 84.9 Å². The highest BCUT2D eigenvalue weighted by molar-refractivity contribution is 6.01. The molecule has 0 radical (unpaired) electrons. The van der Waals surface area contributed by atoms with Crippen LogP contribution < -0.4 is 10.1 Å². The minimum atomic E-state index is -0.599. The van der Waals surface area contributed by atoms with Crippen molar-refractivity contribution < 1.29 is 19.4 Å². The molecule has 0 bridgehead atoms. The van der Waals surface area contributed by atoms with Crippen LogP contribution >= 0.6 is 0 Å². The number of methoxy groups -OCH3 is 1. The Morgan fingerprint density at radius 1 is 0.846 bits per heavy atom. The second-order valence-corrected chi connectivity index (χ2v) is 9.72. The maximum atomic E-state index is 14.0. The lowest BCUT2D eigenvalue weighted by Gasteiger charge is -2.42. The van der Waals surface area contributed by atoms with Crippen LogP contribution in [-0.4, -0.2) is 35.5 Å². The molecule has 0 saturated carbocycles. The molecule has 0 aromatic heterocycles. The first kappa shape index (κ1) is 26.2. The van der Waals surface area contributed by atoms with E-state index in [0.29, 0.717) is 25.1 Å². The Bertz CT molecular complexity index is 1420. The van der Waals surface area contributed by atoms with Gasteiger partial charge in [-0.05, 0) is 52.4 Å². The number of rotatable bonds is 9. The number of benzene rings is 4. The van der Waals surface area contributed by atoms with Gasteiger partial charge in [-0.3, -0.25) is 9.59 Å². The van der Waals surface area contributed by atoms with Gasteiger partial charge in [0.15, 0.2) is 0 Å². The molecule has 0 fully saturated rings. The van der Waals surface area contributed by atoms with Crippen LogP contribution in [0.4, 0.5) is 0 Å². The van der Waals surface area contributed by atoms with Gasteiger partial charge < -0.3 is 20.1 Å². The standard InChI is InChI=1S/C33H32N2O4/c1-39-27-17-13-23(14-18-27)19-20-34-32(37)30-28-9-5-6-10-29(28)33(38)35(21-24-7-3-2-4-8-24)31(30)26-15-11-25(22-36)12-16-26/h2-18,30-31,36H,19-22H2,1H3,(H,34,37)/t30-,31+/m1/s1. The number of hydrogen-bond donors (Lipinski definition) is 2. The number of nitrogens with zero attached hydrogens (tertiary/aromatic N) is 1. The molecule has 1 heterocycles. The van der Waals surface area contributed by atoms with Gasteiger partial charge in [0.1, 0.15) is 5.75 Å². The van der Waals surface area contributed by atoms with Crippen LogP contribution in [0, 0.1) is 0 Å². The number of fused-ring (bicyclic) bond motifs is 1. The van der Waals surface area contributed by atoms with E-state index in [1.165, 1.54) is 0 Å². The van der Waals surface area contributed by atoms with Crippen molar-refractivity contribution in [2.24, 2.45) is 0 Å². The lowest BCUT2D eigenvalue weighted by Crippen LogP contribution is -2.47.